The Morgan fingerprint density at radius 1 is 1.71 bits per heavy atom. The van der Waals surface area contributed by atoms with Crippen molar-refractivity contribution in [3.63, 3.8) is 0 Å². The first-order valence-corrected chi connectivity index (χ1v) is 5.96. The van der Waals surface area contributed by atoms with Crippen LogP contribution in [0.1, 0.15) is 6.92 Å². The number of anilines is 1. The highest BCUT2D eigenvalue weighted by Crippen LogP contribution is 2.06. The summed E-state index contributed by atoms with van der Waals surface area (Å²) in [6, 6.07) is 1.70. The van der Waals surface area contributed by atoms with Crippen molar-refractivity contribution in [3.8, 4) is 0 Å². The van der Waals surface area contributed by atoms with Crippen LogP contribution in [0.2, 0.25) is 0 Å². The highest BCUT2D eigenvalue weighted by atomic mass is 16.2. The summed E-state index contributed by atoms with van der Waals surface area (Å²) in [5, 5.41) is 10.3. The van der Waals surface area contributed by atoms with Gasteiger partial charge >= 0.3 is 0 Å². The monoisotopic (exact) mass is 237 g/mol. The molecule has 6 nitrogen and oxygen atoms in total. The van der Waals surface area contributed by atoms with E-state index in [1.807, 2.05) is 26.2 Å². The van der Waals surface area contributed by atoms with Crippen molar-refractivity contribution in [2.45, 2.75) is 19.5 Å². The largest absolute Gasteiger partial charge is 0.313 e. The number of nitrogens with zero attached hydrogens (tertiary/aromatic N) is 3. The van der Waals surface area contributed by atoms with Gasteiger partial charge in [0.05, 0.1) is 0 Å². The van der Waals surface area contributed by atoms with Crippen molar-refractivity contribution in [3.05, 3.63) is 12.3 Å². The lowest BCUT2D eigenvalue weighted by Gasteiger charge is -2.31. The van der Waals surface area contributed by atoms with Crippen molar-refractivity contribution in [1.29, 1.82) is 0 Å². The number of aryl methyl sites for hydroxylation is 1. The third-order valence-electron chi connectivity index (χ3n) is 3.03. The second-order valence-electron chi connectivity index (χ2n) is 4.25. The molecule has 1 saturated heterocycles. The Labute approximate surface area is 101 Å². The Bertz CT molecular complexity index is 389. The van der Waals surface area contributed by atoms with E-state index in [1.54, 1.807) is 4.68 Å². The molecule has 1 aromatic rings. The van der Waals surface area contributed by atoms with Crippen molar-refractivity contribution in [1.82, 2.24) is 20.0 Å². The number of rotatable bonds is 3. The van der Waals surface area contributed by atoms with Crippen LogP contribution >= 0.6 is 0 Å². The van der Waals surface area contributed by atoms with Crippen LogP contribution in [0.4, 0.5) is 5.82 Å². The minimum Gasteiger partial charge on any atom is -0.313 e. The number of nitrogens with one attached hydrogen (secondary N) is 2. The van der Waals surface area contributed by atoms with Crippen molar-refractivity contribution in [2.75, 3.05) is 32.0 Å². The van der Waals surface area contributed by atoms with Crippen molar-refractivity contribution < 1.29 is 4.79 Å². The molecule has 94 valence electrons. The summed E-state index contributed by atoms with van der Waals surface area (Å²) >= 11 is 0. The van der Waals surface area contributed by atoms with Crippen LogP contribution in [-0.2, 0) is 11.3 Å². The second-order valence-corrected chi connectivity index (χ2v) is 4.25. The fourth-order valence-electron chi connectivity index (χ4n) is 1.91. The van der Waals surface area contributed by atoms with E-state index in [4.69, 9.17) is 0 Å². The number of aromatic nitrogens is 2. The zero-order valence-electron chi connectivity index (χ0n) is 10.3. The highest BCUT2D eigenvalue weighted by Gasteiger charge is 2.25. The standard InChI is InChI=1S/C11H19N5O/c1-3-16-6-4-10(14-16)13-11(17)9-8-12-5-7-15(9)2/h4,6,9,12H,3,5,7-8H2,1-2H3,(H,13,14,17)/t9-/m0/s1. The molecule has 2 heterocycles. The van der Waals surface area contributed by atoms with E-state index in [0.717, 1.165) is 19.6 Å². The van der Waals surface area contributed by atoms with Crippen LogP contribution in [0.5, 0.6) is 0 Å². The van der Waals surface area contributed by atoms with E-state index < -0.39 is 0 Å². The molecule has 0 bridgehead atoms. The molecule has 0 aromatic carbocycles. The van der Waals surface area contributed by atoms with Crippen LogP contribution in [0, 0.1) is 0 Å². The van der Waals surface area contributed by atoms with Gasteiger partial charge in [0.25, 0.3) is 0 Å². The fourth-order valence-corrected chi connectivity index (χ4v) is 1.91. The molecule has 0 spiro atoms. The molecule has 1 fully saturated rings. The molecule has 1 amide bonds. The van der Waals surface area contributed by atoms with Gasteiger partial charge in [0.15, 0.2) is 5.82 Å². The Morgan fingerprint density at radius 2 is 2.53 bits per heavy atom. The fraction of sp³-hybridized carbons (Fsp3) is 0.636. The molecular weight excluding hydrogens is 218 g/mol. The normalized spacial score (nSPS) is 21.4. The van der Waals surface area contributed by atoms with Crippen LogP contribution in [-0.4, -0.2) is 53.3 Å². The topological polar surface area (TPSA) is 62.2 Å². The molecule has 0 aliphatic carbocycles. The lowest BCUT2D eigenvalue weighted by molar-refractivity contribution is -0.121. The van der Waals surface area contributed by atoms with E-state index in [1.165, 1.54) is 0 Å². The molecule has 1 aromatic heterocycles. The van der Waals surface area contributed by atoms with Crippen LogP contribution in [0.15, 0.2) is 12.3 Å². The Hall–Kier alpha value is -1.40. The SMILES string of the molecule is CCn1ccc(NC(=O)[C@@H]2CNCCN2C)n1. The third kappa shape index (κ3) is 2.83. The van der Waals surface area contributed by atoms with Gasteiger partial charge in [-0.15, -0.1) is 0 Å². The van der Waals surface area contributed by atoms with Crippen molar-refractivity contribution >= 4 is 11.7 Å². The third-order valence-corrected chi connectivity index (χ3v) is 3.03. The molecular formula is C11H19N5O. The summed E-state index contributed by atoms with van der Waals surface area (Å²) in [6.07, 6.45) is 1.86. The maximum absolute atomic E-state index is 12.0. The summed E-state index contributed by atoms with van der Waals surface area (Å²) in [6.45, 7) is 5.33. The number of hydrogen-bond donors (Lipinski definition) is 2. The molecule has 6 heteroatoms. The molecule has 0 radical (unpaired) electrons. The van der Waals surface area contributed by atoms with Crippen LogP contribution in [0.3, 0.4) is 0 Å². The van der Waals surface area contributed by atoms with E-state index in [9.17, 15) is 4.79 Å². The number of amides is 1. The van der Waals surface area contributed by atoms with Gasteiger partial charge in [-0.1, -0.05) is 0 Å². The molecule has 2 rings (SSSR count). The van der Waals surface area contributed by atoms with Gasteiger partial charge in [-0.05, 0) is 14.0 Å². The maximum Gasteiger partial charge on any atom is 0.244 e. The average Bonchev–Trinajstić information content (AvgIpc) is 2.77. The smallest absolute Gasteiger partial charge is 0.244 e. The lowest BCUT2D eigenvalue weighted by atomic mass is 10.2. The van der Waals surface area contributed by atoms with Gasteiger partial charge in [0.1, 0.15) is 6.04 Å². The minimum absolute atomic E-state index is 0.000975. The van der Waals surface area contributed by atoms with Crippen molar-refractivity contribution in [2.24, 2.45) is 0 Å². The first kappa shape index (κ1) is 12.1. The number of likely N-dealkylation sites (N-methyl/N-ethyl adjacent to an activating group) is 1. The number of carbonyl (C=O) groups is 1. The lowest BCUT2D eigenvalue weighted by Crippen LogP contribution is -2.54. The van der Waals surface area contributed by atoms with Crippen LogP contribution < -0.4 is 10.6 Å². The summed E-state index contributed by atoms with van der Waals surface area (Å²) in [4.78, 5) is 14.1. The Morgan fingerprint density at radius 3 is 3.18 bits per heavy atom. The molecule has 1 aliphatic heterocycles. The zero-order valence-corrected chi connectivity index (χ0v) is 10.3. The Kier molecular flexibility index (Phi) is 3.75. The summed E-state index contributed by atoms with van der Waals surface area (Å²) in [5.41, 5.74) is 0. The van der Waals surface area contributed by atoms with Gasteiger partial charge in [-0.25, -0.2) is 0 Å². The number of hydrogen-bond acceptors (Lipinski definition) is 4. The number of piperazine rings is 1. The molecule has 1 atom stereocenters. The van der Waals surface area contributed by atoms with E-state index >= 15 is 0 Å². The van der Waals surface area contributed by atoms with Gasteiger partial charge < -0.3 is 10.6 Å². The van der Waals surface area contributed by atoms with Gasteiger partial charge in [0, 0.05) is 38.4 Å². The quantitative estimate of drug-likeness (QED) is 0.760. The number of carbonyl (C=O) groups excluding carboxylic acids is 1. The summed E-state index contributed by atoms with van der Waals surface area (Å²) in [7, 11) is 1.97. The maximum atomic E-state index is 12.0. The molecule has 17 heavy (non-hydrogen) atoms. The first-order chi connectivity index (χ1) is 8.20. The van der Waals surface area contributed by atoms with Crippen LogP contribution in [0.25, 0.3) is 0 Å². The van der Waals surface area contributed by atoms with Gasteiger partial charge in [0.2, 0.25) is 5.91 Å². The first-order valence-electron chi connectivity index (χ1n) is 5.96. The predicted octanol–water partition coefficient (Wildman–Crippen LogP) is -0.255. The van der Waals surface area contributed by atoms with E-state index in [2.05, 4.69) is 20.6 Å². The molecule has 1 aliphatic rings. The summed E-state index contributed by atoms with van der Waals surface area (Å²) < 4.78 is 1.79. The molecule has 0 saturated carbocycles. The molecule has 2 N–H and O–H groups in total. The molecule has 0 unspecified atom stereocenters. The van der Waals surface area contributed by atoms with E-state index in [0.29, 0.717) is 12.4 Å². The second kappa shape index (κ2) is 5.29. The predicted molar refractivity (Wildman–Crippen MR) is 65.8 cm³/mol. The minimum atomic E-state index is -0.115. The summed E-state index contributed by atoms with van der Waals surface area (Å²) in [5.74, 6) is 0.622. The Balaban J connectivity index is 1.95. The van der Waals surface area contributed by atoms with Gasteiger partial charge in [-0.3, -0.25) is 14.4 Å². The highest BCUT2D eigenvalue weighted by molar-refractivity contribution is 5.94. The average molecular weight is 237 g/mol. The van der Waals surface area contributed by atoms with E-state index in [-0.39, 0.29) is 11.9 Å². The van der Waals surface area contributed by atoms with Gasteiger partial charge in [-0.2, -0.15) is 5.10 Å². The zero-order chi connectivity index (χ0) is 12.3.